The van der Waals surface area contributed by atoms with Crippen molar-refractivity contribution in [2.24, 2.45) is 11.5 Å². The third-order valence-electron chi connectivity index (χ3n) is 6.00. The van der Waals surface area contributed by atoms with Crippen LogP contribution in [0.5, 0.6) is 0 Å². The van der Waals surface area contributed by atoms with Gasteiger partial charge in [-0.3, -0.25) is 15.0 Å². The Morgan fingerprint density at radius 3 is 2.56 bits per heavy atom. The van der Waals surface area contributed by atoms with Crippen LogP contribution in [0.3, 0.4) is 0 Å². The summed E-state index contributed by atoms with van der Waals surface area (Å²) in [4.78, 5) is 25.1. The lowest BCUT2D eigenvalue weighted by molar-refractivity contribution is -0.116. The molecule has 2 amide bonds. The van der Waals surface area contributed by atoms with E-state index in [4.69, 9.17) is 16.9 Å². The maximum absolute atomic E-state index is 13.3. The highest BCUT2D eigenvalue weighted by Gasteiger charge is 2.20. The summed E-state index contributed by atoms with van der Waals surface area (Å²) in [5, 5.41) is 14.7. The first-order chi connectivity index (χ1) is 16.4. The monoisotopic (exact) mass is 458 g/mol. The molecule has 2 aromatic carbocycles. The van der Waals surface area contributed by atoms with E-state index in [1.165, 1.54) is 0 Å². The van der Waals surface area contributed by atoms with Gasteiger partial charge >= 0.3 is 0 Å². The van der Waals surface area contributed by atoms with Crippen LogP contribution in [0, 0.1) is 5.41 Å². The quantitative estimate of drug-likeness (QED) is 0.201. The van der Waals surface area contributed by atoms with Gasteiger partial charge in [0.1, 0.15) is 11.5 Å². The number of aromatic nitrogens is 1. The Hall–Kier alpha value is -3.91. The van der Waals surface area contributed by atoms with Gasteiger partial charge in [-0.15, -0.1) is 0 Å². The minimum atomic E-state index is -0.125. The highest BCUT2D eigenvalue weighted by molar-refractivity contribution is 6.02. The molecule has 1 aliphatic carbocycles. The molecule has 34 heavy (non-hydrogen) atoms. The van der Waals surface area contributed by atoms with E-state index in [1.54, 1.807) is 6.07 Å². The van der Waals surface area contributed by atoms with Gasteiger partial charge in [-0.1, -0.05) is 36.4 Å². The molecule has 1 aromatic heterocycles. The lowest BCUT2D eigenvalue weighted by Crippen LogP contribution is -2.36. The number of carbonyl (C=O) groups is 2. The SMILES string of the molecule is N=C(N)c1ccc2cc(C(=O)NC3CC=CCC3)n(Cc3ccc(NC(=O)CCN)cc3)c2c1. The number of nitrogens with two attached hydrogens (primary N) is 2. The lowest BCUT2D eigenvalue weighted by atomic mass is 10.0. The standard InChI is InChI=1S/C26H30N6O2/c27-13-12-24(33)30-21-10-6-17(7-11-21)16-32-22-15-19(25(28)29)9-8-18(22)14-23(32)26(34)31-20-4-2-1-3-5-20/h1-2,6-11,14-15,20H,3-5,12-13,16,27H2,(H3,28,29)(H,30,33)(H,31,34). The Morgan fingerprint density at radius 1 is 1.09 bits per heavy atom. The molecule has 8 nitrogen and oxygen atoms in total. The van der Waals surface area contributed by atoms with Crippen molar-refractivity contribution < 1.29 is 9.59 Å². The first kappa shape index (κ1) is 23.3. The fraction of sp³-hybridized carbons (Fsp3) is 0.269. The summed E-state index contributed by atoms with van der Waals surface area (Å²) >= 11 is 0. The first-order valence-corrected chi connectivity index (χ1v) is 11.5. The number of fused-ring (bicyclic) bond motifs is 1. The first-order valence-electron chi connectivity index (χ1n) is 11.5. The molecule has 1 unspecified atom stereocenters. The summed E-state index contributed by atoms with van der Waals surface area (Å²) in [5.41, 5.74) is 14.8. The average Bonchev–Trinajstić information content (AvgIpc) is 3.19. The molecule has 0 aliphatic heterocycles. The third kappa shape index (κ3) is 5.35. The number of hydrogen-bond acceptors (Lipinski definition) is 4. The highest BCUT2D eigenvalue weighted by atomic mass is 16.2. The molecule has 1 atom stereocenters. The fourth-order valence-corrected chi connectivity index (χ4v) is 4.20. The molecule has 7 N–H and O–H groups in total. The second-order valence-electron chi connectivity index (χ2n) is 8.54. The molecule has 1 aliphatic rings. The molecule has 176 valence electrons. The molecule has 0 fully saturated rings. The van der Waals surface area contributed by atoms with Crippen LogP contribution in [-0.4, -0.2) is 34.8 Å². The number of nitrogens with one attached hydrogen (secondary N) is 3. The van der Waals surface area contributed by atoms with Crippen LogP contribution in [0.25, 0.3) is 10.9 Å². The number of anilines is 1. The second kappa shape index (κ2) is 10.4. The van der Waals surface area contributed by atoms with Crippen LogP contribution in [-0.2, 0) is 11.3 Å². The van der Waals surface area contributed by atoms with E-state index in [9.17, 15) is 9.59 Å². The number of amides is 2. The van der Waals surface area contributed by atoms with Crippen molar-refractivity contribution in [2.75, 3.05) is 11.9 Å². The summed E-state index contributed by atoms with van der Waals surface area (Å²) in [6.45, 7) is 0.754. The number of nitrogen functional groups attached to an aromatic ring is 1. The van der Waals surface area contributed by atoms with Gasteiger partial charge in [0.15, 0.2) is 0 Å². The van der Waals surface area contributed by atoms with E-state index in [1.807, 2.05) is 47.0 Å². The van der Waals surface area contributed by atoms with Gasteiger partial charge in [-0.2, -0.15) is 0 Å². The maximum atomic E-state index is 13.3. The van der Waals surface area contributed by atoms with E-state index >= 15 is 0 Å². The van der Waals surface area contributed by atoms with Crippen molar-refractivity contribution in [2.45, 2.75) is 38.3 Å². The molecule has 0 radical (unpaired) electrons. The van der Waals surface area contributed by atoms with Gasteiger partial charge in [0.25, 0.3) is 5.91 Å². The highest BCUT2D eigenvalue weighted by Crippen LogP contribution is 2.24. The number of amidine groups is 1. The summed E-state index contributed by atoms with van der Waals surface area (Å²) in [7, 11) is 0. The number of benzene rings is 2. The fourth-order valence-electron chi connectivity index (χ4n) is 4.20. The van der Waals surface area contributed by atoms with Crippen molar-refractivity contribution in [1.29, 1.82) is 5.41 Å². The number of rotatable bonds is 8. The minimum Gasteiger partial charge on any atom is -0.384 e. The molecule has 8 heteroatoms. The van der Waals surface area contributed by atoms with Crippen molar-refractivity contribution >= 4 is 34.2 Å². The van der Waals surface area contributed by atoms with E-state index < -0.39 is 0 Å². The van der Waals surface area contributed by atoms with Crippen LogP contribution in [0.15, 0.2) is 60.7 Å². The van der Waals surface area contributed by atoms with Crippen LogP contribution >= 0.6 is 0 Å². The molecule has 1 heterocycles. The molecule has 0 bridgehead atoms. The van der Waals surface area contributed by atoms with Gasteiger partial charge < -0.3 is 26.7 Å². The number of allylic oxidation sites excluding steroid dienone is 1. The normalized spacial score (nSPS) is 15.3. The number of carbonyl (C=O) groups excluding carboxylic acids is 2. The Labute approximate surface area is 198 Å². The summed E-state index contributed by atoms with van der Waals surface area (Å²) in [5.74, 6) is -0.265. The largest absolute Gasteiger partial charge is 0.384 e. The zero-order valence-electron chi connectivity index (χ0n) is 19.0. The van der Waals surface area contributed by atoms with Crippen LogP contribution in [0.2, 0.25) is 0 Å². The smallest absolute Gasteiger partial charge is 0.268 e. The summed E-state index contributed by atoms with van der Waals surface area (Å²) in [6, 6.07) is 15.1. The second-order valence-corrected chi connectivity index (χ2v) is 8.54. The molecule has 0 saturated carbocycles. The molecular weight excluding hydrogens is 428 g/mol. The van der Waals surface area contributed by atoms with E-state index in [0.29, 0.717) is 30.0 Å². The van der Waals surface area contributed by atoms with Gasteiger partial charge in [-0.25, -0.2) is 0 Å². The molecular formula is C26H30N6O2. The number of nitrogens with zero attached hydrogens (tertiary/aromatic N) is 1. The number of hydrogen-bond donors (Lipinski definition) is 5. The maximum Gasteiger partial charge on any atom is 0.268 e. The minimum absolute atomic E-state index is 0.0211. The summed E-state index contributed by atoms with van der Waals surface area (Å²) in [6.07, 6.45) is 7.24. The van der Waals surface area contributed by atoms with E-state index in [-0.39, 0.29) is 30.1 Å². The average molecular weight is 459 g/mol. The third-order valence-corrected chi connectivity index (χ3v) is 6.00. The Balaban J connectivity index is 1.64. The van der Waals surface area contributed by atoms with Gasteiger partial charge in [0.05, 0.1) is 0 Å². The predicted octanol–water partition coefficient (Wildman–Crippen LogP) is 3.10. The molecule has 0 spiro atoms. The Morgan fingerprint density at radius 2 is 1.88 bits per heavy atom. The van der Waals surface area contributed by atoms with Crippen LogP contribution < -0.4 is 22.1 Å². The zero-order valence-corrected chi connectivity index (χ0v) is 19.0. The van der Waals surface area contributed by atoms with Crippen molar-refractivity contribution in [3.63, 3.8) is 0 Å². The predicted molar refractivity (Wildman–Crippen MR) is 135 cm³/mol. The Kier molecular flexibility index (Phi) is 7.08. The van der Waals surface area contributed by atoms with Crippen molar-refractivity contribution in [1.82, 2.24) is 9.88 Å². The van der Waals surface area contributed by atoms with Gasteiger partial charge in [0.2, 0.25) is 5.91 Å². The zero-order chi connectivity index (χ0) is 24.1. The van der Waals surface area contributed by atoms with Crippen molar-refractivity contribution in [3.05, 3.63) is 77.5 Å². The van der Waals surface area contributed by atoms with E-state index in [2.05, 4.69) is 22.8 Å². The van der Waals surface area contributed by atoms with Crippen LogP contribution in [0.4, 0.5) is 5.69 Å². The van der Waals surface area contributed by atoms with Gasteiger partial charge in [0, 0.05) is 47.7 Å². The summed E-state index contributed by atoms with van der Waals surface area (Å²) < 4.78 is 1.96. The topological polar surface area (TPSA) is 139 Å². The lowest BCUT2D eigenvalue weighted by Gasteiger charge is -2.20. The van der Waals surface area contributed by atoms with Gasteiger partial charge in [-0.05, 0) is 49.1 Å². The molecule has 4 rings (SSSR count). The van der Waals surface area contributed by atoms with Crippen LogP contribution in [0.1, 0.15) is 47.3 Å². The van der Waals surface area contributed by atoms with E-state index in [0.717, 1.165) is 35.7 Å². The molecule has 3 aromatic rings. The van der Waals surface area contributed by atoms with Crippen molar-refractivity contribution in [3.8, 4) is 0 Å². The Bertz CT molecular complexity index is 1240. The molecule has 0 saturated heterocycles.